The monoisotopic (exact) mass is 404 g/mol. The van der Waals surface area contributed by atoms with Gasteiger partial charge in [-0.15, -0.1) is 10.2 Å². The number of amides is 1. The molecular weight excluding hydrogens is 383 g/mol. The van der Waals surface area contributed by atoms with Crippen molar-refractivity contribution < 1.29 is 13.9 Å². The van der Waals surface area contributed by atoms with Gasteiger partial charge in [0.25, 0.3) is 5.91 Å². The molecule has 152 valence electrons. The second-order valence-corrected chi connectivity index (χ2v) is 6.95. The molecule has 6 nitrogen and oxygen atoms in total. The van der Waals surface area contributed by atoms with E-state index < -0.39 is 0 Å². The smallest absolute Gasteiger partial charge is 0.255 e. The molecule has 0 unspecified atom stereocenters. The van der Waals surface area contributed by atoms with E-state index in [-0.39, 0.29) is 11.7 Å². The number of halogens is 1. The van der Waals surface area contributed by atoms with Gasteiger partial charge in [-0.3, -0.25) is 4.79 Å². The van der Waals surface area contributed by atoms with Gasteiger partial charge >= 0.3 is 0 Å². The lowest BCUT2D eigenvalue weighted by molar-refractivity contribution is 0.102. The van der Waals surface area contributed by atoms with E-state index >= 15 is 0 Å². The summed E-state index contributed by atoms with van der Waals surface area (Å²) in [6.45, 7) is 4.53. The molecule has 1 aromatic heterocycles. The van der Waals surface area contributed by atoms with Gasteiger partial charge in [0.15, 0.2) is 0 Å². The van der Waals surface area contributed by atoms with Gasteiger partial charge in [0, 0.05) is 11.3 Å². The zero-order valence-electron chi connectivity index (χ0n) is 16.7. The van der Waals surface area contributed by atoms with E-state index in [2.05, 4.69) is 15.5 Å². The number of anilines is 1. The van der Waals surface area contributed by atoms with Crippen molar-refractivity contribution in [2.75, 3.05) is 11.9 Å². The van der Waals surface area contributed by atoms with Gasteiger partial charge in [0.05, 0.1) is 12.3 Å². The molecule has 0 atom stereocenters. The molecule has 1 heterocycles. The van der Waals surface area contributed by atoms with Crippen molar-refractivity contribution in [1.29, 1.82) is 0 Å². The number of aromatic nitrogens is 3. The van der Waals surface area contributed by atoms with Crippen LogP contribution in [0.5, 0.6) is 5.75 Å². The van der Waals surface area contributed by atoms with Crippen molar-refractivity contribution in [3.8, 4) is 11.4 Å². The maximum Gasteiger partial charge on any atom is 0.255 e. The first kappa shape index (κ1) is 19.6. The van der Waals surface area contributed by atoms with Crippen LogP contribution in [0.1, 0.15) is 29.3 Å². The van der Waals surface area contributed by atoms with Crippen molar-refractivity contribution in [2.45, 2.75) is 20.3 Å². The minimum Gasteiger partial charge on any atom is -0.494 e. The van der Waals surface area contributed by atoms with E-state index in [0.29, 0.717) is 40.3 Å². The maximum atomic E-state index is 13.2. The Balaban J connectivity index is 1.59. The molecule has 4 aromatic rings. The molecule has 0 fully saturated rings. The Morgan fingerprint density at radius 3 is 2.53 bits per heavy atom. The third-order valence-corrected chi connectivity index (χ3v) is 4.60. The zero-order chi connectivity index (χ0) is 21.1. The molecule has 0 spiro atoms. The van der Waals surface area contributed by atoms with E-state index in [1.807, 2.05) is 26.0 Å². The van der Waals surface area contributed by atoms with Crippen LogP contribution >= 0.6 is 0 Å². The SMILES string of the molecule is CCCOc1cccc(C(=O)Nc2cc3nn(-c4ccc(F)cc4)nc3cc2C)c1. The number of fused-ring (bicyclic) bond motifs is 1. The molecule has 0 aliphatic carbocycles. The number of carbonyl (C=O) groups is 1. The lowest BCUT2D eigenvalue weighted by Gasteiger charge is -2.10. The van der Waals surface area contributed by atoms with E-state index in [9.17, 15) is 9.18 Å². The fourth-order valence-corrected chi connectivity index (χ4v) is 3.03. The van der Waals surface area contributed by atoms with Gasteiger partial charge in [0.2, 0.25) is 0 Å². The van der Waals surface area contributed by atoms with Crippen LogP contribution in [0.2, 0.25) is 0 Å². The molecule has 7 heteroatoms. The van der Waals surface area contributed by atoms with E-state index in [1.165, 1.54) is 16.9 Å². The summed E-state index contributed by atoms with van der Waals surface area (Å²) in [5.74, 6) is 0.115. The van der Waals surface area contributed by atoms with Gasteiger partial charge in [0.1, 0.15) is 22.6 Å². The fourth-order valence-electron chi connectivity index (χ4n) is 3.03. The summed E-state index contributed by atoms with van der Waals surface area (Å²) in [5, 5.41) is 11.8. The molecular formula is C23H21FN4O2. The Morgan fingerprint density at radius 2 is 1.80 bits per heavy atom. The van der Waals surface area contributed by atoms with E-state index in [4.69, 9.17) is 4.74 Å². The number of nitrogens with zero attached hydrogens (tertiary/aromatic N) is 3. The van der Waals surface area contributed by atoms with Crippen LogP contribution in [0.25, 0.3) is 16.7 Å². The minimum absolute atomic E-state index is 0.231. The number of nitrogens with one attached hydrogen (secondary N) is 1. The Bertz CT molecular complexity index is 1200. The summed E-state index contributed by atoms with van der Waals surface area (Å²) in [7, 11) is 0. The average Bonchev–Trinajstić information content (AvgIpc) is 3.15. The topological polar surface area (TPSA) is 69.0 Å². The molecule has 0 saturated carbocycles. The summed E-state index contributed by atoms with van der Waals surface area (Å²) >= 11 is 0. The highest BCUT2D eigenvalue weighted by atomic mass is 19.1. The maximum absolute atomic E-state index is 13.2. The fraction of sp³-hybridized carbons (Fsp3) is 0.174. The minimum atomic E-state index is -0.319. The molecule has 0 radical (unpaired) electrons. The number of rotatable bonds is 6. The van der Waals surface area contributed by atoms with E-state index in [0.717, 1.165) is 12.0 Å². The number of carbonyl (C=O) groups excluding carboxylic acids is 1. The Morgan fingerprint density at radius 1 is 1.07 bits per heavy atom. The summed E-state index contributed by atoms with van der Waals surface area (Å²) < 4.78 is 18.8. The second-order valence-electron chi connectivity index (χ2n) is 6.95. The third kappa shape index (κ3) is 4.15. The molecule has 1 amide bonds. The second kappa shape index (κ2) is 8.32. The number of aryl methyl sites for hydroxylation is 1. The lowest BCUT2D eigenvalue weighted by atomic mass is 10.1. The standard InChI is InChI=1S/C23H21FN4O2/c1-3-11-30-19-6-4-5-16(13-19)23(29)25-20-14-22-21(12-15(20)2)26-28(27-22)18-9-7-17(24)8-10-18/h4-10,12-14H,3,11H2,1-2H3,(H,25,29). The van der Waals surface area contributed by atoms with Gasteiger partial charge in [-0.1, -0.05) is 13.0 Å². The predicted octanol–water partition coefficient (Wildman–Crippen LogP) is 4.91. The van der Waals surface area contributed by atoms with Gasteiger partial charge in [-0.05, 0) is 73.5 Å². The van der Waals surface area contributed by atoms with Crippen molar-refractivity contribution in [3.63, 3.8) is 0 Å². The summed E-state index contributed by atoms with van der Waals surface area (Å²) in [6.07, 6.45) is 0.897. The number of ether oxygens (including phenoxy) is 1. The summed E-state index contributed by atoms with van der Waals surface area (Å²) in [4.78, 5) is 14.2. The highest BCUT2D eigenvalue weighted by molar-refractivity contribution is 6.05. The van der Waals surface area contributed by atoms with Crippen molar-refractivity contribution in [1.82, 2.24) is 15.0 Å². The number of hydrogen-bond donors (Lipinski definition) is 1. The third-order valence-electron chi connectivity index (χ3n) is 4.60. The number of hydrogen-bond acceptors (Lipinski definition) is 4. The summed E-state index contributed by atoms with van der Waals surface area (Å²) in [6, 6.07) is 16.7. The van der Waals surface area contributed by atoms with Gasteiger partial charge < -0.3 is 10.1 Å². The molecule has 0 aliphatic rings. The summed E-state index contributed by atoms with van der Waals surface area (Å²) in [5.41, 5.74) is 3.99. The van der Waals surface area contributed by atoms with Crippen molar-refractivity contribution >= 4 is 22.6 Å². The molecule has 0 aliphatic heterocycles. The number of benzene rings is 3. The normalized spacial score (nSPS) is 10.9. The molecule has 3 aromatic carbocycles. The average molecular weight is 404 g/mol. The van der Waals surface area contributed by atoms with Crippen molar-refractivity contribution in [2.24, 2.45) is 0 Å². The quantitative estimate of drug-likeness (QED) is 0.496. The van der Waals surface area contributed by atoms with Crippen LogP contribution < -0.4 is 10.1 Å². The van der Waals surface area contributed by atoms with Gasteiger partial charge in [-0.2, -0.15) is 4.80 Å². The zero-order valence-corrected chi connectivity index (χ0v) is 16.7. The van der Waals surface area contributed by atoms with Crippen LogP contribution in [0.3, 0.4) is 0 Å². The molecule has 30 heavy (non-hydrogen) atoms. The highest BCUT2D eigenvalue weighted by Crippen LogP contribution is 2.23. The van der Waals surface area contributed by atoms with Crippen LogP contribution in [-0.4, -0.2) is 27.5 Å². The van der Waals surface area contributed by atoms with Crippen LogP contribution in [0.4, 0.5) is 10.1 Å². The Hall–Kier alpha value is -3.74. The van der Waals surface area contributed by atoms with Crippen LogP contribution in [-0.2, 0) is 0 Å². The molecule has 1 N–H and O–H groups in total. The van der Waals surface area contributed by atoms with Crippen molar-refractivity contribution in [3.05, 3.63) is 77.6 Å². The Kier molecular flexibility index (Phi) is 5.43. The first-order chi connectivity index (χ1) is 14.5. The molecule has 4 rings (SSSR count). The molecule has 0 saturated heterocycles. The van der Waals surface area contributed by atoms with E-state index in [1.54, 1.807) is 36.4 Å². The first-order valence-corrected chi connectivity index (χ1v) is 9.71. The first-order valence-electron chi connectivity index (χ1n) is 9.71. The highest BCUT2D eigenvalue weighted by Gasteiger charge is 2.12. The van der Waals surface area contributed by atoms with Crippen LogP contribution in [0, 0.1) is 12.7 Å². The Labute approximate surface area is 173 Å². The van der Waals surface area contributed by atoms with Gasteiger partial charge in [-0.25, -0.2) is 4.39 Å². The van der Waals surface area contributed by atoms with Crippen LogP contribution in [0.15, 0.2) is 60.7 Å². The molecule has 0 bridgehead atoms. The predicted molar refractivity (Wildman–Crippen MR) is 114 cm³/mol. The lowest BCUT2D eigenvalue weighted by Crippen LogP contribution is -2.13. The largest absolute Gasteiger partial charge is 0.494 e.